The van der Waals surface area contributed by atoms with Gasteiger partial charge in [0.05, 0.1) is 36.7 Å². The summed E-state index contributed by atoms with van der Waals surface area (Å²) in [5.41, 5.74) is 9.82. The molecule has 66 heavy (non-hydrogen) atoms. The van der Waals surface area contributed by atoms with Crippen LogP contribution in [-0.2, 0) is 30.2 Å². The first-order chi connectivity index (χ1) is 30.9. The number of hydrogen-bond acceptors (Lipinski definition) is 16. The van der Waals surface area contributed by atoms with Gasteiger partial charge < -0.3 is 65.5 Å². The fraction of sp³-hybridized carbons (Fsp3) is 0.592. The van der Waals surface area contributed by atoms with Gasteiger partial charge in [-0.25, -0.2) is 4.79 Å². The van der Waals surface area contributed by atoms with Gasteiger partial charge in [-0.3, -0.25) is 9.59 Å². The van der Waals surface area contributed by atoms with Crippen molar-refractivity contribution >= 4 is 29.4 Å². The van der Waals surface area contributed by atoms with Crippen molar-refractivity contribution < 1.29 is 68.4 Å². The minimum absolute atomic E-state index is 0.00259. The highest BCUT2D eigenvalue weighted by atomic mass is 16.7. The number of ketones is 2. The Bertz CT molecular complexity index is 2340. The first-order valence-corrected chi connectivity index (χ1v) is 22.4. The summed E-state index contributed by atoms with van der Waals surface area (Å²) >= 11 is 0. The van der Waals surface area contributed by atoms with Crippen LogP contribution in [0, 0.1) is 29.6 Å². The third-order valence-electron chi connectivity index (χ3n) is 14.6. The van der Waals surface area contributed by atoms with Crippen LogP contribution in [-0.4, -0.2) is 116 Å². The molecule has 5 fully saturated rings. The van der Waals surface area contributed by atoms with Crippen molar-refractivity contribution in [1.82, 2.24) is 0 Å². The van der Waals surface area contributed by atoms with Crippen LogP contribution in [0.15, 0.2) is 58.5 Å². The van der Waals surface area contributed by atoms with Crippen molar-refractivity contribution in [3.05, 3.63) is 70.0 Å². The van der Waals surface area contributed by atoms with Crippen LogP contribution in [0.2, 0.25) is 0 Å². The van der Waals surface area contributed by atoms with Gasteiger partial charge in [-0.2, -0.15) is 0 Å². The Balaban J connectivity index is 1.58. The number of aliphatic hydroxyl groups excluding tert-OH is 4. The Morgan fingerprint density at radius 3 is 2.29 bits per heavy atom. The topological polar surface area (TPSA) is 272 Å². The number of carbonyl (C=O) groups excluding carboxylic acids is 3. The molecule has 13 atom stereocenters. The van der Waals surface area contributed by atoms with E-state index in [1.165, 1.54) is 7.11 Å². The Hall–Kier alpha value is -5.04. The highest BCUT2D eigenvalue weighted by Crippen LogP contribution is 2.73. The summed E-state index contributed by atoms with van der Waals surface area (Å²) < 4.78 is 39.2. The van der Waals surface area contributed by atoms with Gasteiger partial charge in [0.2, 0.25) is 6.29 Å². The number of aliphatic hydroxyl groups is 4. The van der Waals surface area contributed by atoms with E-state index in [0.717, 1.165) is 11.1 Å². The maximum atomic E-state index is 16.5. The molecular weight excluding hydrogens is 855 g/mol. The van der Waals surface area contributed by atoms with E-state index in [0.29, 0.717) is 18.4 Å². The molecule has 0 aromatic heterocycles. The fourth-order valence-electron chi connectivity index (χ4n) is 11.5. The van der Waals surface area contributed by atoms with Gasteiger partial charge in [0.1, 0.15) is 58.7 Å². The number of amidine groups is 1. The number of esters is 1. The molecule has 4 heterocycles. The number of benzene rings is 1. The van der Waals surface area contributed by atoms with Crippen molar-refractivity contribution in [1.29, 1.82) is 0 Å². The van der Waals surface area contributed by atoms with Gasteiger partial charge in [0.25, 0.3) is 0 Å². The molecule has 8 unspecified atom stereocenters. The van der Waals surface area contributed by atoms with Crippen LogP contribution in [0.4, 0.5) is 0 Å². The quantitative estimate of drug-likeness (QED) is 0.0265. The molecule has 4 bridgehead atoms. The maximum Gasteiger partial charge on any atom is 0.333 e. The van der Waals surface area contributed by atoms with Crippen molar-refractivity contribution in [3.63, 3.8) is 0 Å². The van der Waals surface area contributed by atoms with Gasteiger partial charge in [-0.15, -0.1) is 0 Å². The van der Waals surface area contributed by atoms with Crippen molar-refractivity contribution in [3.8, 4) is 17.2 Å². The average molecular weight is 920 g/mol. The molecule has 17 nitrogen and oxygen atoms in total. The molecule has 8 rings (SSSR count). The summed E-state index contributed by atoms with van der Waals surface area (Å²) in [5.74, 6) is -7.36. The number of rotatable bonds is 14. The second-order valence-electron chi connectivity index (χ2n) is 19.9. The summed E-state index contributed by atoms with van der Waals surface area (Å²) in [6.45, 7) is 18.2. The molecule has 0 radical (unpaired) electrons. The number of allylic oxidation sites excluding steroid dienone is 4. The Morgan fingerprint density at radius 1 is 1.00 bits per heavy atom. The van der Waals surface area contributed by atoms with Crippen LogP contribution in [0.3, 0.4) is 0 Å². The zero-order chi connectivity index (χ0) is 48.6. The molecule has 3 saturated carbocycles. The van der Waals surface area contributed by atoms with Crippen molar-refractivity contribution in [2.24, 2.45) is 46.2 Å². The monoisotopic (exact) mass is 919 g/mol. The molecule has 9 N–H and O–H groups in total. The van der Waals surface area contributed by atoms with Gasteiger partial charge in [0, 0.05) is 35.1 Å². The molecule has 17 heteroatoms. The Labute approximate surface area is 384 Å². The number of oxime groups is 1. The molecule has 360 valence electrons. The van der Waals surface area contributed by atoms with Crippen LogP contribution in [0.1, 0.15) is 103 Å². The first-order valence-electron chi connectivity index (χ1n) is 22.4. The summed E-state index contributed by atoms with van der Waals surface area (Å²) in [7, 11) is 1.24. The summed E-state index contributed by atoms with van der Waals surface area (Å²) in [6.07, 6.45) is 1.94. The second-order valence-corrected chi connectivity index (χ2v) is 19.9. The number of nitrogens with zero attached hydrogens (tertiary/aromatic N) is 1. The van der Waals surface area contributed by atoms with E-state index in [9.17, 15) is 30.4 Å². The molecule has 1 spiro atoms. The molecule has 1 aromatic rings. The van der Waals surface area contributed by atoms with Crippen molar-refractivity contribution in [2.45, 2.75) is 141 Å². The summed E-state index contributed by atoms with van der Waals surface area (Å²) in [6, 6.07) is 0. The lowest BCUT2D eigenvalue weighted by Crippen LogP contribution is -2.79. The van der Waals surface area contributed by atoms with Crippen LogP contribution in [0.25, 0.3) is 6.08 Å². The number of fused-ring (bicyclic) bond motifs is 2. The number of hydrogen-bond donors (Lipinski definition) is 7. The van der Waals surface area contributed by atoms with E-state index < -0.39 is 107 Å². The van der Waals surface area contributed by atoms with Crippen LogP contribution >= 0.6 is 0 Å². The van der Waals surface area contributed by atoms with Gasteiger partial charge in [-0.05, 0) is 99.1 Å². The zero-order valence-electron chi connectivity index (χ0n) is 39.1. The van der Waals surface area contributed by atoms with E-state index in [-0.39, 0.29) is 64.7 Å². The second kappa shape index (κ2) is 17.6. The fourth-order valence-corrected chi connectivity index (χ4v) is 11.5. The lowest BCUT2D eigenvalue weighted by atomic mass is 9.41. The van der Waals surface area contributed by atoms with E-state index >= 15 is 9.59 Å². The number of carbonyl (C=O) groups is 3. The van der Waals surface area contributed by atoms with Crippen LogP contribution < -0.4 is 25.7 Å². The number of Topliss-reactive ketones (excluding diaryl/α,β-unsaturated/α-hetero) is 2. The normalized spacial score (nSPS) is 35.4. The lowest BCUT2D eigenvalue weighted by molar-refractivity contribution is -0.277. The van der Waals surface area contributed by atoms with Gasteiger partial charge in [0.15, 0.2) is 22.8 Å². The standard InChI is InChI=1S/C49H65N3O14/c1-22(2)12-11-17-47(9)18-16-27-39(64-47)26(14-13-23(3)4)41-33(40(27)63-45-38(57)37(56)35(54)29(21-53)62-45)36(55)34-32(31(25(6)50)43(51)52-60)28-20-30-46(7,8)66-48(42(28)58,49(30,34)65-41)19-15-24(5)44(59)61-10/h12-13,15-16,18,28-32,34-35,37-38,45,53-54,56-57,60H,6,11,14,17,19-21,50H2,1-5,7-10H3,(H2,51,52)/b24-15-/t28?,29-,30?,31?,32?,34?,35-,37+,38-,45+,47?,48?,49?/m1/s1. The Morgan fingerprint density at radius 2 is 1.68 bits per heavy atom. The maximum absolute atomic E-state index is 16.5. The van der Waals surface area contributed by atoms with Crippen LogP contribution in [0.5, 0.6) is 17.2 Å². The number of methoxy groups -OCH3 is 1. The number of ether oxygens (including phenoxy) is 6. The van der Waals surface area contributed by atoms with E-state index in [2.05, 4.69) is 17.8 Å². The Kier molecular flexibility index (Phi) is 13.0. The molecule has 7 aliphatic rings. The van der Waals surface area contributed by atoms with E-state index in [1.54, 1.807) is 19.1 Å². The van der Waals surface area contributed by atoms with E-state index in [1.807, 2.05) is 60.6 Å². The van der Waals surface area contributed by atoms with E-state index in [4.69, 9.17) is 39.9 Å². The van der Waals surface area contributed by atoms with Gasteiger partial charge in [-0.1, -0.05) is 41.1 Å². The minimum Gasteiger partial charge on any atom is -0.482 e. The highest BCUT2D eigenvalue weighted by molar-refractivity contribution is 6.11. The van der Waals surface area contributed by atoms with Gasteiger partial charge >= 0.3 is 5.97 Å². The largest absolute Gasteiger partial charge is 0.482 e. The van der Waals surface area contributed by atoms with Crippen molar-refractivity contribution in [2.75, 3.05) is 13.7 Å². The third-order valence-corrected chi connectivity index (χ3v) is 14.6. The lowest BCUT2D eigenvalue weighted by Gasteiger charge is -2.64. The summed E-state index contributed by atoms with van der Waals surface area (Å²) in [5, 5.41) is 56.7. The highest BCUT2D eigenvalue weighted by Gasteiger charge is 2.86. The summed E-state index contributed by atoms with van der Waals surface area (Å²) in [4.78, 5) is 45.0. The minimum atomic E-state index is -1.92. The predicted molar refractivity (Wildman–Crippen MR) is 240 cm³/mol. The molecule has 4 aliphatic heterocycles. The first kappa shape index (κ1) is 48.9. The molecule has 3 aliphatic carbocycles. The molecule has 1 aromatic carbocycles. The number of nitrogens with two attached hydrogens (primary N) is 2. The third kappa shape index (κ3) is 7.55. The molecule has 2 saturated heterocycles. The molecular formula is C49H65N3O14. The average Bonchev–Trinajstić information content (AvgIpc) is 3.40. The zero-order valence-corrected chi connectivity index (χ0v) is 39.1. The smallest absolute Gasteiger partial charge is 0.333 e. The predicted octanol–water partition coefficient (Wildman–Crippen LogP) is 3.94. The SMILES string of the molecule is C=C(N)C(/C(N)=N\O)C1C2CC3C(C)(C)OC(C/C=C(/C)C(=O)OC)(C2=O)C32Oc3c(CC=C(C)C)c4c(c(O[C@@H]5O[C@H](CO)[C@@H](O)[C@H](O)[C@H]5O)c3C(=O)C12)C=CC(C)(CCC=C(C)C)O4. The molecule has 0 amide bonds.